The van der Waals surface area contributed by atoms with Crippen molar-refractivity contribution in [2.45, 2.75) is 45.7 Å². The van der Waals surface area contributed by atoms with Gasteiger partial charge in [-0.1, -0.05) is 26.0 Å². The van der Waals surface area contributed by atoms with E-state index in [1.165, 1.54) is 11.1 Å². The van der Waals surface area contributed by atoms with E-state index < -0.39 is 0 Å². The maximum Gasteiger partial charge on any atom is 0.123 e. The maximum absolute atomic E-state index is 5.43. The first-order valence-electron chi connectivity index (χ1n) is 6.96. The van der Waals surface area contributed by atoms with Crippen molar-refractivity contribution in [1.29, 1.82) is 0 Å². The van der Waals surface area contributed by atoms with Gasteiger partial charge in [0.15, 0.2) is 0 Å². The first-order valence-corrected chi connectivity index (χ1v) is 6.96. The summed E-state index contributed by atoms with van der Waals surface area (Å²) in [7, 11) is 3.72. The van der Waals surface area contributed by atoms with Crippen molar-refractivity contribution in [2.75, 3.05) is 20.7 Å². The van der Waals surface area contributed by atoms with Gasteiger partial charge >= 0.3 is 0 Å². The van der Waals surface area contributed by atoms with E-state index in [0.717, 1.165) is 18.8 Å². The molecule has 0 heterocycles. The largest absolute Gasteiger partial charge is 0.496 e. The standard InChI is InChI=1S/C16H28N2O/c1-12(2)13-7-8-15(19-6)14(9-13)10-18-11-16(3,4)17-5/h7-9,12,17-18H,10-11H2,1-6H3. The minimum absolute atomic E-state index is 0.100. The molecular weight excluding hydrogens is 236 g/mol. The Morgan fingerprint density at radius 3 is 2.47 bits per heavy atom. The van der Waals surface area contributed by atoms with E-state index in [4.69, 9.17) is 4.74 Å². The monoisotopic (exact) mass is 264 g/mol. The van der Waals surface area contributed by atoms with Crippen LogP contribution >= 0.6 is 0 Å². The first-order chi connectivity index (χ1) is 8.89. The number of hydrogen-bond donors (Lipinski definition) is 2. The van der Waals surface area contributed by atoms with Crippen LogP contribution in [-0.4, -0.2) is 26.2 Å². The van der Waals surface area contributed by atoms with E-state index in [1.807, 2.05) is 7.05 Å². The molecule has 19 heavy (non-hydrogen) atoms. The summed E-state index contributed by atoms with van der Waals surface area (Å²) in [6, 6.07) is 6.45. The molecule has 3 heteroatoms. The van der Waals surface area contributed by atoms with Gasteiger partial charge in [0.05, 0.1) is 7.11 Å². The molecule has 1 rings (SSSR count). The van der Waals surface area contributed by atoms with Gasteiger partial charge in [0.1, 0.15) is 5.75 Å². The van der Waals surface area contributed by atoms with Gasteiger partial charge in [-0.2, -0.15) is 0 Å². The number of benzene rings is 1. The van der Waals surface area contributed by atoms with E-state index in [9.17, 15) is 0 Å². The predicted octanol–water partition coefficient (Wildman–Crippen LogP) is 2.91. The molecule has 1 aromatic rings. The fourth-order valence-electron chi connectivity index (χ4n) is 1.89. The highest BCUT2D eigenvalue weighted by Crippen LogP contribution is 2.24. The normalized spacial score (nSPS) is 11.9. The van der Waals surface area contributed by atoms with Crippen molar-refractivity contribution in [3.63, 3.8) is 0 Å². The fraction of sp³-hybridized carbons (Fsp3) is 0.625. The first kappa shape index (κ1) is 16.0. The van der Waals surface area contributed by atoms with E-state index in [0.29, 0.717) is 5.92 Å². The SMILES string of the molecule is CNC(C)(C)CNCc1cc(C(C)C)ccc1OC. The lowest BCUT2D eigenvalue weighted by atomic mass is 10.00. The van der Waals surface area contributed by atoms with Gasteiger partial charge in [-0.05, 0) is 38.4 Å². The van der Waals surface area contributed by atoms with Crippen LogP contribution in [0.2, 0.25) is 0 Å². The van der Waals surface area contributed by atoms with Crippen molar-refractivity contribution < 1.29 is 4.74 Å². The highest BCUT2D eigenvalue weighted by atomic mass is 16.5. The Hall–Kier alpha value is -1.06. The van der Waals surface area contributed by atoms with Crippen LogP contribution in [0, 0.1) is 0 Å². The average molecular weight is 264 g/mol. The summed E-state index contributed by atoms with van der Waals surface area (Å²) in [4.78, 5) is 0. The third-order valence-electron chi connectivity index (χ3n) is 3.53. The van der Waals surface area contributed by atoms with E-state index in [2.05, 4.69) is 56.5 Å². The molecule has 0 saturated heterocycles. The van der Waals surface area contributed by atoms with E-state index >= 15 is 0 Å². The molecular formula is C16H28N2O. The van der Waals surface area contributed by atoms with Crippen LogP contribution in [0.4, 0.5) is 0 Å². The van der Waals surface area contributed by atoms with Gasteiger partial charge < -0.3 is 15.4 Å². The molecule has 0 aromatic heterocycles. The van der Waals surface area contributed by atoms with Crippen molar-refractivity contribution in [3.8, 4) is 5.75 Å². The summed E-state index contributed by atoms with van der Waals surface area (Å²) in [5.41, 5.74) is 2.68. The smallest absolute Gasteiger partial charge is 0.123 e. The Kier molecular flexibility index (Phi) is 5.83. The Morgan fingerprint density at radius 2 is 1.95 bits per heavy atom. The molecule has 0 saturated carbocycles. The molecule has 0 amide bonds. The molecule has 0 bridgehead atoms. The second-order valence-electron chi connectivity index (χ2n) is 5.96. The summed E-state index contributed by atoms with van der Waals surface area (Å²) >= 11 is 0. The van der Waals surface area contributed by atoms with Crippen LogP contribution in [0.3, 0.4) is 0 Å². The molecule has 108 valence electrons. The molecule has 0 atom stereocenters. The third-order valence-corrected chi connectivity index (χ3v) is 3.53. The molecule has 0 spiro atoms. The second-order valence-corrected chi connectivity index (χ2v) is 5.96. The molecule has 0 aliphatic rings. The minimum atomic E-state index is 0.100. The number of methoxy groups -OCH3 is 1. The number of likely N-dealkylation sites (N-methyl/N-ethyl adjacent to an activating group) is 1. The van der Waals surface area contributed by atoms with Crippen molar-refractivity contribution >= 4 is 0 Å². The number of nitrogens with one attached hydrogen (secondary N) is 2. The number of hydrogen-bond acceptors (Lipinski definition) is 3. The zero-order valence-corrected chi connectivity index (χ0v) is 13.1. The summed E-state index contributed by atoms with van der Waals surface area (Å²) in [5, 5.41) is 6.78. The molecule has 0 aliphatic heterocycles. The topological polar surface area (TPSA) is 33.3 Å². The van der Waals surface area contributed by atoms with Crippen LogP contribution in [0.5, 0.6) is 5.75 Å². The van der Waals surface area contributed by atoms with Crippen LogP contribution in [0.25, 0.3) is 0 Å². The van der Waals surface area contributed by atoms with Crippen LogP contribution in [0.1, 0.15) is 44.7 Å². The lowest BCUT2D eigenvalue weighted by molar-refractivity contribution is 0.384. The van der Waals surface area contributed by atoms with Gasteiger partial charge in [-0.25, -0.2) is 0 Å². The molecule has 0 unspecified atom stereocenters. The molecule has 0 radical (unpaired) electrons. The molecule has 0 fully saturated rings. The Morgan fingerprint density at radius 1 is 1.26 bits per heavy atom. The van der Waals surface area contributed by atoms with Crippen LogP contribution in [-0.2, 0) is 6.54 Å². The number of rotatable bonds is 7. The van der Waals surface area contributed by atoms with E-state index in [-0.39, 0.29) is 5.54 Å². The van der Waals surface area contributed by atoms with Gasteiger partial charge in [-0.15, -0.1) is 0 Å². The summed E-state index contributed by atoms with van der Waals surface area (Å²) in [6.45, 7) is 10.5. The molecule has 0 aliphatic carbocycles. The lowest BCUT2D eigenvalue weighted by Crippen LogP contribution is -2.45. The Balaban J connectivity index is 2.73. The maximum atomic E-state index is 5.43. The molecule has 2 N–H and O–H groups in total. The third kappa shape index (κ3) is 4.84. The van der Waals surface area contributed by atoms with Crippen molar-refractivity contribution in [1.82, 2.24) is 10.6 Å². The number of ether oxygens (including phenoxy) is 1. The zero-order chi connectivity index (χ0) is 14.5. The van der Waals surface area contributed by atoms with Gasteiger partial charge in [-0.3, -0.25) is 0 Å². The predicted molar refractivity (Wildman–Crippen MR) is 81.9 cm³/mol. The van der Waals surface area contributed by atoms with E-state index in [1.54, 1.807) is 7.11 Å². The Labute approximate surface area is 117 Å². The Bertz CT molecular complexity index is 400. The van der Waals surface area contributed by atoms with Crippen molar-refractivity contribution in [3.05, 3.63) is 29.3 Å². The van der Waals surface area contributed by atoms with Crippen molar-refractivity contribution in [2.24, 2.45) is 0 Å². The summed E-state index contributed by atoms with van der Waals surface area (Å²) < 4.78 is 5.43. The highest BCUT2D eigenvalue weighted by Gasteiger charge is 2.14. The average Bonchev–Trinajstić information content (AvgIpc) is 2.38. The summed E-state index contributed by atoms with van der Waals surface area (Å²) in [6.07, 6.45) is 0. The molecule has 3 nitrogen and oxygen atoms in total. The van der Waals surface area contributed by atoms with Crippen LogP contribution < -0.4 is 15.4 Å². The van der Waals surface area contributed by atoms with Crippen LogP contribution in [0.15, 0.2) is 18.2 Å². The van der Waals surface area contributed by atoms with Gasteiger partial charge in [0, 0.05) is 24.2 Å². The molecule has 1 aromatic carbocycles. The minimum Gasteiger partial charge on any atom is -0.496 e. The second kappa shape index (κ2) is 6.92. The lowest BCUT2D eigenvalue weighted by Gasteiger charge is -2.24. The fourth-order valence-corrected chi connectivity index (χ4v) is 1.89. The quantitative estimate of drug-likeness (QED) is 0.794. The summed E-state index contributed by atoms with van der Waals surface area (Å²) in [5.74, 6) is 1.50. The van der Waals surface area contributed by atoms with Gasteiger partial charge in [0.2, 0.25) is 0 Å². The zero-order valence-electron chi connectivity index (χ0n) is 13.1. The van der Waals surface area contributed by atoms with Gasteiger partial charge in [0.25, 0.3) is 0 Å². The highest BCUT2D eigenvalue weighted by molar-refractivity contribution is 5.38.